The molecule has 0 bridgehead atoms. The number of rotatable bonds is 0. The fourth-order valence-corrected chi connectivity index (χ4v) is 1.95. The van der Waals surface area contributed by atoms with Crippen LogP contribution >= 0.6 is 11.3 Å². The molecule has 11 heavy (non-hydrogen) atoms. The van der Waals surface area contributed by atoms with Gasteiger partial charge in [-0.25, -0.2) is 0 Å². The van der Waals surface area contributed by atoms with Crippen LogP contribution in [0.3, 0.4) is 0 Å². The van der Waals surface area contributed by atoms with E-state index in [1.807, 2.05) is 24.4 Å². The molecule has 2 rings (SSSR count). The summed E-state index contributed by atoms with van der Waals surface area (Å²) in [6.07, 6.45) is 1.55. The van der Waals surface area contributed by atoms with Crippen LogP contribution in [0.25, 0.3) is 10.1 Å². The Hall–Kier alpha value is -1.09. The van der Waals surface area contributed by atoms with Crippen molar-refractivity contribution >= 4 is 21.4 Å². The smallest absolute Gasteiger partial charge is 0.198 e. The van der Waals surface area contributed by atoms with Crippen molar-refractivity contribution in [3.8, 4) is 0 Å². The molecular weight excluding hydrogens is 158 g/mol. The van der Waals surface area contributed by atoms with Gasteiger partial charge in [0.05, 0.1) is 5.39 Å². The number of aromatic nitrogens is 1. The van der Waals surface area contributed by atoms with Crippen LogP contribution in [0.5, 0.6) is 0 Å². The van der Waals surface area contributed by atoms with Crippen molar-refractivity contribution in [2.75, 3.05) is 0 Å². The number of thiophene rings is 1. The first-order valence-electron chi connectivity index (χ1n) is 3.35. The molecule has 0 atom stereocenters. The van der Waals surface area contributed by atoms with Crippen LogP contribution < -0.4 is 4.73 Å². The highest BCUT2D eigenvalue weighted by Crippen LogP contribution is 2.20. The fraction of sp³-hybridized carbons (Fsp3) is 0.125. The summed E-state index contributed by atoms with van der Waals surface area (Å²) in [5, 5.41) is 14.1. The molecule has 0 aliphatic rings. The van der Waals surface area contributed by atoms with Crippen molar-refractivity contribution in [1.82, 2.24) is 0 Å². The Bertz CT molecular complexity index is 394. The highest BCUT2D eigenvalue weighted by Gasteiger charge is 2.04. The molecule has 0 saturated carbocycles. The number of aryl methyl sites for hydroxylation is 1. The maximum absolute atomic E-state index is 11.1. The van der Waals surface area contributed by atoms with E-state index in [-0.39, 0.29) is 0 Å². The molecule has 0 fully saturated rings. The summed E-state index contributed by atoms with van der Waals surface area (Å²) in [5.74, 6) is 0. The zero-order valence-electron chi connectivity index (χ0n) is 6.07. The molecule has 0 unspecified atom stereocenters. The molecule has 0 saturated heterocycles. The third kappa shape index (κ3) is 0.886. The molecule has 0 amide bonds. The van der Waals surface area contributed by atoms with E-state index in [4.69, 9.17) is 0 Å². The number of pyridine rings is 1. The summed E-state index contributed by atoms with van der Waals surface area (Å²) in [6, 6.07) is 3.82. The van der Waals surface area contributed by atoms with Gasteiger partial charge in [-0.05, 0) is 11.4 Å². The minimum Gasteiger partial charge on any atom is -0.618 e. The minimum absolute atomic E-state index is 0.781. The molecule has 0 aromatic carbocycles. The van der Waals surface area contributed by atoms with Gasteiger partial charge in [-0.1, -0.05) is 0 Å². The van der Waals surface area contributed by atoms with Crippen LogP contribution in [0.4, 0.5) is 0 Å². The first-order valence-corrected chi connectivity index (χ1v) is 4.23. The zero-order valence-corrected chi connectivity index (χ0v) is 6.89. The van der Waals surface area contributed by atoms with Crippen molar-refractivity contribution in [3.63, 3.8) is 0 Å². The highest BCUT2D eigenvalue weighted by atomic mass is 32.1. The fourth-order valence-electron chi connectivity index (χ4n) is 1.11. The van der Waals surface area contributed by atoms with Gasteiger partial charge in [0.1, 0.15) is 0 Å². The second kappa shape index (κ2) is 2.20. The monoisotopic (exact) mass is 165 g/mol. The Labute approximate surface area is 68.3 Å². The topological polar surface area (TPSA) is 26.9 Å². The Kier molecular flexibility index (Phi) is 1.32. The van der Waals surface area contributed by atoms with Gasteiger partial charge >= 0.3 is 0 Å². The Morgan fingerprint density at radius 3 is 3.09 bits per heavy atom. The quantitative estimate of drug-likeness (QED) is 0.432. The van der Waals surface area contributed by atoms with Crippen molar-refractivity contribution in [2.24, 2.45) is 0 Å². The SMILES string of the molecule is Cc1c2ccsc2cc[n+]1[O-]. The number of hydrogen-bond donors (Lipinski definition) is 0. The maximum atomic E-state index is 11.1. The average molecular weight is 165 g/mol. The standard InChI is InChI=1S/C8H7NOS/c1-6-7-3-5-11-8(7)2-4-9(6)10/h2-5H,1H3. The molecule has 0 spiro atoms. The third-order valence-electron chi connectivity index (χ3n) is 1.78. The first-order chi connectivity index (χ1) is 5.29. The van der Waals surface area contributed by atoms with E-state index in [2.05, 4.69) is 0 Å². The van der Waals surface area contributed by atoms with E-state index in [1.165, 1.54) is 4.70 Å². The molecule has 3 heteroatoms. The molecular formula is C8H7NOS. The van der Waals surface area contributed by atoms with Crippen LogP contribution in [0.1, 0.15) is 5.69 Å². The summed E-state index contributed by atoms with van der Waals surface area (Å²) in [6.45, 7) is 1.84. The van der Waals surface area contributed by atoms with Crippen LogP contribution in [-0.2, 0) is 0 Å². The Balaban J connectivity index is 2.93. The van der Waals surface area contributed by atoms with E-state index >= 15 is 0 Å². The summed E-state index contributed by atoms with van der Waals surface area (Å²) >= 11 is 1.66. The summed E-state index contributed by atoms with van der Waals surface area (Å²) in [4.78, 5) is 0. The van der Waals surface area contributed by atoms with Gasteiger partial charge < -0.3 is 5.21 Å². The summed E-state index contributed by atoms with van der Waals surface area (Å²) < 4.78 is 2.07. The normalized spacial score (nSPS) is 10.6. The van der Waals surface area contributed by atoms with Crippen LogP contribution in [0.2, 0.25) is 0 Å². The predicted molar refractivity (Wildman–Crippen MR) is 45.5 cm³/mol. The maximum Gasteiger partial charge on any atom is 0.198 e. The van der Waals surface area contributed by atoms with E-state index < -0.39 is 0 Å². The third-order valence-corrected chi connectivity index (χ3v) is 2.66. The van der Waals surface area contributed by atoms with Gasteiger partial charge in [0.15, 0.2) is 11.9 Å². The second-order valence-corrected chi connectivity index (χ2v) is 3.37. The number of hydrogen-bond acceptors (Lipinski definition) is 2. The van der Waals surface area contributed by atoms with E-state index in [0.717, 1.165) is 15.8 Å². The van der Waals surface area contributed by atoms with Crippen LogP contribution in [0.15, 0.2) is 23.7 Å². The molecule has 0 N–H and O–H groups in total. The molecule has 2 aromatic rings. The lowest BCUT2D eigenvalue weighted by Crippen LogP contribution is -2.28. The van der Waals surface area contributed by atoms with E-state index in [1.54, 1.807) is 17.5 Å². The predicted octanol–water partition coefficient (Wildman–Crippen LogP) is 1.84. The molecule has 0 aliphatic carbocycles. The molecule has 2 heterocycles. The molecule has 56 valence electrons. The average Bonchev–Trinajstić information content (AvgIpc) is 2.45. The minimum atomic E-state index is 0.781. The number of nitrogens with zero attached hydrogens (tertiary/aromatic N) is 1. The largest absolute Gasteiger partial charge is 0.618 e. The van der Waals surface area contributed by atoms with E-state index in [0.29, 0.717) is 0 Å². The van der Waals surface area contributed by atoms with Gasteiger partial charge in [0, 0.05) is 17.7 Å². The second-order valence-electron chi connectivity index (χ2n) is 2.43. The zero-order chi connectivity index (χ0) is 7.84. The summed E-state index contributed by atoms with van der Waals surface area (Å²) in [7, 11) is 0. The lowest BCUT2D eigenvalue weighted by Gasteiger charge is -1.99. The van der Waals surface area contributed by atoms with Crippen molar-refractivity contribution in [1.29, 1.82) is 0 Å². The molecule has 0 radical (unpaired) electrons. The Morgan fingerprint density at radius 1 is 1.45 bits per heavy atom. The van der Waals surface area contributed by atoms with Crippen molar-refractivity contribution < 1.29 is 4.73 Å². The van der Waals surface area contributed by atoms with Gasteiger partial charge in [0.25, 0.3) is 0 Å². The lowest BCUT2D eigenvalue weighted by atomic mass is 10.3. The molecule has 2 aromatic heterocycles. The Morgan fingerprint density at radius 2 is 2.27 bits per heavy atom. The van der Waals surface area contributed by atoms with Gasteiger partial charge in [0.2, 0.25) is 0 Å². The highest BCUT2D eigenvalue weighted by molar-refractivity contribution is 7.17. The molecule has 0 aliphatic heterocycles. The van der Waals surface area contributed by atoms with Gasteiger partial charge in [-0.3, -0.25) is 0 Å². The first kappa shape index (κ1) is 6.61. The van der Waals surface area contributed by atoms with Crippen LogP contribution in [-0.4, -0.2) is 0 Å². The van der Waals surface area contributed by atoms with E-state index in [9.17, 15) is 5.21 Å². The van der Waals surface area contributed by atoms with Crippen molar-refractivity contribution in [3.05, 3.63) is 34.6 Å². The van der Waals surface area contributed by atoms with Gasteiger partial charge in [-0.2, -0.15) is 4.73 Å². The number of fused-ring (bicyclic) bond motifs is 1. The van der Waals surface area contributed by atoms with Crippen LogP contribution in [0, 0.1) is 12.1 Å². The summed E-state index contributed by atoms with van der Waals surface area (Å²) in [5.41, 5.74) is 0.781. The van der Waals surface area contributed by atoms with Crippen molar-refractivity contribution in [2.45, 2.75) is 6.92 Å². The molecule has 2 nitrogen and oxygen atoms in total. The lowest BCUT2D eigenvalue weighted by molar-refractivity contribution is -0.610. The van der Waals surface area contributed by atoms with Gasteiger partial charge in [-0.15, -0.1) is 11.3 Å².